The minimum atomic E-state index is -0.431. The van der Waals surface area contributed by atoms with E-state index in [2.05, 4.69) is 22.0 Å². The molecule has 1 unspecified atom stereocenters. The summed E-state index contributed by atoms with van der Waals surface area (Å²) in [6.07, 6.45) is 11.2. The third-order valence-electron chi connectivity index (χ3n) is 6.93. The van der Waals surface area contributed by atoms with Gasteiger partial charge in [0.05, 0.1) is 6.10 Å². The highest BCUT2D eigenvalue weighted by Crippen LogP contribution is 2.33. The van der Waals surface area contributed by atoms with Crippen LogP contribution in [0.2, 0.25) is 5.02 Å². The van der Waals surface area contributed by atoms with Crippen LogP contribution in [0.1, 0.15) is 61.4 Å². The number of nitrogens with one attached hydrogen (secondary N) is 1. The summed E-state index contributed by atoms with van der Waals surface area (Å²) in [5.74, 6) is 0.499. The molecule has 2 aliphatic rings. The summed E-state index contributed by atoms with van der Waals surface area (Å²) in [5.41, 5.74) is 4.99. The Bertz CT molecular complexity index is 1170. The highest BCUT2D eigenvalue weighted by Gasteiger charge is 2.20. The van der Waals surface area contributed by atoms with Crippen molar-refractivity contribution in [2.45, 2.75) is 57.6 Å². The van der Waals surface area contributed by atoms with Gasteiger partial charge in [0, 0.05) is 39.9 Å². The highest BCUT2D eigenvalue weighted by molar-refractivity contribution is 6.31. The number of carbonyl (C=O) groups excluding carboxylic acids is 1. The Morgan fingerprint density at radius 2 is 1.94 bits per heavy atom. The van der Waals surface area contributed by atoms with Crippen LogP contribution in [-0.4, -0.2) is 15.6 Å². The third kappa shape index (κ3) is 4.48. The first-order valence-corrected chi connectivity index (χ1v) is 12.0. The number of aliphatic hydroxyl groups is 1. The van der Waals surface area contributed by atoms with Crippen molar-refractivity contribution in [3.05, 3.63) is 70.4 Å². The highest BCUT2D eigenvalue weighted by atomic mass is 35.5. The zero-order valence-electron chi connectivity index (χ0n) is 18.2. The van der Waals surface area contributed by atoms with Crippen LogP contribution in [0.3, 0.4) is 0 Å². The maximum Gasteiger partial charge on any atom is 0.248 e. The molecular formula is C27H29ClN2O2. The Morgan fingerprint density at radius 1 is 1.09 bits per heavy atom. The summed E-state index contributed by atoms with van der Waals surface area (Å²) < 4.78 is 2.33. The Kier molecular flexibility index (Phi) is 6.07. The molecule has 0 bridgehead atoms. The molecule has 2 N–H and O–H groups in total. The maximum atomic E-state index is 12.6. The maximum absolute atomic E-state index is 12.6. The summed E-state index contributed by atoms with van der Waals surface area (Å²) in [7, 11) is 0. The molecule has 0 radical (unpaired) electrons. The van der Waals surface area contributed by atoms with Crippen molar-refractivity contribution >= 4 is 40.2 Å². The van der Waals surface area contributed by atoms with Crippen molar-refractivity contribution in [2.24, 2.45) is 5.92 Å². The fourth-order valence-corrected chi connectivity index (χ4v) is 5.42. The summed E-state index contributed by atoms with van der Waals surface area (Å²) >= 11 is 6.23. The van der Waals surface area contributed by atoms with E-state index in [1.807, 2.05) is 36.4 Å². The predicted molar refractivity (Wildman–Crippen MR) is 131 cm³/mol. The van der Waals surface area contributed by atoms with Gasteiger partial charge in [-0.3, -0.25) is 4.79 Å². The number of amides is 1. The monoisotopic (exact) mass is 448 g/mol. The average Bonchev–Trinajstić information content (AvgIpc) is 3.33. The molecule has 4 nitrogen and oxygen atoms in total. The molecule has 5 heteroatoms. The predicted octanol–water partition coefficient (Wildman–Crippen LogP) is 6.51. The average molecular weight is 449 g/mol. The zero-order chi connectivity index (χ0) is 22.1. The van der Waals surface area contributed by atoms with Gasteiger partial charge in [-0.15, -0.1) is 0 Å². The van der Waals surface area contributed by atoms with Gasteiger partial charge in [0.15, 0.2) is 0 Å². The molecule has 2 aliphatic carbocycles. The number of aliphatic hydroxyl groups excluding tert-OH is 1. The van der Waals surface area contributed by atoms with Crippen LogP contribution in [0.4, 0.5) is 5.69 Å². The molecule has 1 aromatic heterocycles. The van der Waals surface area contributed by atoms with Gasteiger partial charge in [-0.05, 0) is 85.2 Å². The molecule has 1 saturated carbocycles. The van der Waals surface area contributed by atoms with Crippen molar-refractivity contribution in [3.63, 3.8) is 0 Å². The van der Waals surface area contributed by atoms with Crippen LogP contribution in [0.25, 0.3) is 17.0 Å². The Morgan fingerprint density at radius 3 is 2.78 bits per heavy atom. The van der Waals surface area contributed by atoms with Gasteiger partial charge in [-0.25, -0.2) is 0 Å². The summed E-state index contributed by atoms with van der Waals surface area (Å²) in [5, 5.41) is 14.9. The molecule has 1 fully saturated rings. The zero-order valence-corrected chi connectivity index (χ0v) is 18.9. The number of benzene rings is 2. The minimum Gasteiger partial charge on any atom is -0.388 e. The van der Waals surface area contributed by atoms with Crippen LogP contribution in [0, 0.1) is 5.92 Å². The number of carbonyl (C=O) groups is 1. The normalized spacial score (nSPS) is 19.0. The van der Waals surface area contributed by atoms with E-state index in [1.165, 1.54) is 32.1 Å². The van der Waals surface area contributed by atoms with E-state index in [9.17, 15) is 9.90 Å². The summed E-state index contributed by atoms with van der Waals surface area (Å²) in [6.45, 7) is 0.967. The van der Waals surface area contributed by atoms with Crippen molar-refractivity contribution in [2.75, 3.05) is 5.32 Å². The Balaban J connectivity index is 1.37. The van der Waals surface area contributed by atoms with Crippen LogP contribution < -0.4 is 5.32 Å². The lowest BCUT2D eigenvalue weighted by Crippen LogP contribution is -2.15. The van der Waals surface area contributed by atoms with E-state index in [0.717, 1.165) is 52.1 Å². The first-order valence-electron chi connectivity index (χ1n) is 11.7. The number of anilines is 1. The third-order valence-corrected chi connectivity index (χ3v) is 7.16. The van der Waals surface area contributed by atoms with Crippen LogP contribution in [-0.2, 0) is 17.8 Å². The molecule has 166 valence electrons. The molecule has 3 aromatic rings. The molecule has 1 atom stereocenters. The van der Waals surface area contributed by atoms with E-state index < -0.39 is 6.10 Å². The Hall–Kier alpha value is -2.56. The quantitative estimate of drug-likeness (QED) is 0.437. The van der Waals surface area contributed by atoms with E-state index in [0.29, 0.717) is 11.6 Å². The fourth-order valence-electron chi connectivity index (χ4n) is 5.24. The van der Waals surface area contributed by atoms with Crippen molar-refractivity contribution < 1.29 is 9.90 Å². The van der Waals surface area contributed by atoms with E-state index in [-0.39, 0.29) is 5.91 Å². The topological polar surface area (TPSA) is 54.3 Å². The molecule has 1 heterocycles. The molecule has 5 rings (SSSR count). The second kappa shape index (κ2) is 9.13. The number of nitrogens with zero attached hydrogens (tertiary/aromatic N) is 1. The van der Waals surface area contributed by atoms with Crippen molar-refractivity contribution in [3.8, 4) is 0 Å². The lowest BCUT2D eigenvalue weighted by molar-refractivity contribution is -0.111. The minimum absolute atomic E-state index is 0.176. The largest absolute Gasteiger partial charge is 0.388 e. The van der Waals surface area contributed by atoms with Crippen LogP contribution in [0.5, 0.6) is 0 Å². The Labute approximate surface area is 193 Å². The number of fused-ring (bicyclic) bond motifs is 2. The standard InChI is InChI=1S/C27H29ClN2O2/c28-21-8-11-25-20(14-21)15-23(30(25)17-18-4-2-1-3-5-18)10-13-27(32)29-22-9-6-19-7-12-26(31)24(19)16-22/h6,8-11,13-16,18,26,31H,1-5,7,12,17H2,(H,29,32)/b13-10+. The van der Waals surface area contributed by atoms with E-state index in [1.54, 1.807) is 6.08 Å². The first kappa shape index (κ1) is 21.3. The SMILES string of the molecule is O=C(/C=C/c1cc2cc(Cl)ccc2n1CC1CCCCC1)Nc1ccc2c(c1)C(O)CC2. The van der Waals surface area contributed by atoms with Gasteiger partial charge in [-0.1, -0.05) is 36.9 Å². The van der Waals surface area contributed by atoms with Crippen molar-refractivity contribution in [1.82, 2.24) is 4.57 Å². The second-order valence-electron chi connectivity index (χ2n) is 9.18. The molecular weight excluding hydrogens is 420 g/mol. The number of hydrogen-bond acceptors (Lipinski definition) is 2. The molecule has 0 aliphatic heterocycles. The van der Waals surface area contributed by atoms with Gasteiger partial charge >= 0.3 is 0 Å². The molecule has 32 heavy (non-hydrogen) atoms. The lowest BCUT2D eigenvalue weighted by Gasteiger charge is -2.23. The first-order chi connectivity index (χ1) is 15.6. The summed E-state index contributed by atoms with van der Waals surface area (Å²) in [4.78, 5) is 12.6. The van der Waals surface area contributed by atoms with Crippen LogP contribution >= 0.6 is 11.6 Å². The number of aryl methyl sites for hydroxylation is 1. The van der Waals surface area contributed by atoms with Gasteiger partial charge in [0.25, 0.3) is 0 Å². The summed E-state index contributed by atoms with van der Waals surface area (Å²) in [6, 6.07) is 13.9. The van der Waals surface area contributed by atoms with Gasteiger partial charge in [0.2, 0.25) is 5.91 Å². The smallest absolute Gasteiger partial charge is 0.248 e. The molecule has 1 amide bonds. The lowest BCUT2D eigenvalue weighted by atomic mass is 9.89. The second-order valence-corrected chi connectivity index (χ2v) is 9.61. The van der Waals surface area contributed by atoms with Crippen LogP contribution in [0.15, 0.2) is 48.5 Å². The van der Waals surface area contributed by atoms with E-state index in [4.69, 9.17) is 11.6 Å². The number of aromatic nitrogens is 1. The molecule has 2 aromatic carbocycles. The van der Waals surface area contributed by atoms with Gasteiger partial charge in [-0.2, -0.15) is 0 Å². The fraction of sp³-hybridized carbons (Fsp3) is 0.370. The van der Waals surface area contributed by atoms with Gasteiger partial charge < -0.3 is 15.0 Å². The number of halogens is 1. The number of hydrogen-bond donors (Lipinski definition) is 2. The number of rotatable bonds is 5. The van der Waals surface area contributed by atoms with Gasteiger partial charge in [0.1, 0.15) is 0 Å². The molecule has 0 spiro atoms. The van der Waals surface area contributed by atoms with E-state index >= 15 is 0 Å². The van der Waals surface area contributed by atoms with Crippen molar-refractivity contribution in [1.29, 1.82) is 0 Å². The molecule has 0 saturated heterocycles.